The summed E-state index contributed by atoms with van der Waals surface area (Å²) in [5.41, 5.74) is 6.81. The van der Waals surface area contributed by atoms with Gasteiger partial charge in [-0.25, -0.2) is 5.01 Å². The molecule has 0 saturated carbocycles. The molecule has 6 rings (SSSR count). The van der Waals surface area contributed by atoms with E-state index in [2.05, 4.69) is 129 Å². The van der Waals surface area contributed by atoms with Crippen molar-refractivity contribution in [2.75, 3.05) is 5.01 Å². The molecule has 4 aromatic rings. The lowest BCUT2D eigenvalue weighted by Gasteiger charge is -2.37. The van der Waals surface area contributed by atoms with Crippen LogP contribution >= 0.6 is 55.4 Å². The van der Waals surface area contributed by atoms with Gasteiger partial charge in [0, 0.05) is 21.4 Å². The second-order valence-electron chi connectivity index (χ2n) is 9.09. The lowest BCUT2D eigenvalue weighted by Crippen LogP contribution is -2.34. The Morgan fingerprint density at radius 2 is 1.32 bits per heavy atom. The molecule has 1 atom stereocenters. The van der Waals surface area contributed by atoms with Gasteiger partial charge >= 0.3 is 0 Å². The van der Waals surface area contributed by atoms with Crippen molar-refractivity contribution in [3.05, 3.63) is 134 Å². The number of carbonyl (C=O) groups is 1. The van der Waals surface area contributed by atoms with E-state index in [1.165, 1.54) is 16.7 Å². The monoisotopic (exact) mass is 648 g/mol. The van der Waals surface area contributed by atoms with Crippen LogP contribution < -0.4 is 5.01 Å². The first-order chi connectivity index (χ1) is 17.8. The van der Waals surface area contributed by atoms with E-state index in [-0.39, 0.29) is 5.78 Å². The van der Waals surface area contributed by atoms with Crippen molar-refractivity contribution in [3.8, 4) is 0 Å². The summed E-state index contributed by atoms with van der Waals surface area (Å²) < 4.78 is 0.886. The van der Waals surface area contributed by atoms with Gasteiger partial charge in [-0.3, -0.25) is 4.79 Å². The Hall–Kier alpha value is -2.32. The normalized spacial score (nSPS) is 19.7. The molecule has 0 amide bonds. The molecule has 37 heavy (non-hydrogen) atoms. The third-order valence-corrected chi connectivity index (χ3v) is 11.2. The lowest BCUT2D eigenvalue weighted by atomic mass is 9.82. The highest BCUT2D eigenvalue weighted by molar-refractivity contribution is 9.10. The molecule has 184 valence electrons. The Balaban J connectivity index is 1.66. The largest absolute Gasteiger partial charge is 0.292 e. The van der Waals surface area contributed by atoms with Crippen LogP contribution in [-0.4, -0.2) is 10.8 Å². The first-order valence-corrected chi connectivity index (χ1v) is 15.0. The maximum atomic E-state index is 12.7. The van der Waals surface area contributed by atoms with Crippen LogP contribution in [-0.2, 0) is 13.7 Å². The van der Waals surface area contributed by atoms with Crippen molar-refractivity contribution in [2.45, 2.75) is 22.8 Å². The summed E-state index contributed by atoms with van der Waals surface area (Å²) >= 11 is 10.6. The number of nitrogens with zero attached hydrogens (tertiary/aromatic N) is 2. The minimum atomic E-state index is -0.663. The van der Waals surface area contributed by atoms with Crippen LogP contribution in [0.3, 0.4) is 0 Å². The van der Waals surface area contributed by atoms with Gasteiger partial charge in [0.2, 0.25) is 0 Å². The second kappa shape index (κ2) is 9.45. The quantitative estimate of drug-likeness (QED) is 0.221. The van der Waals surface area contributed by atoms with Crippen molar-refractivity contribution in [2.24, 2.45) is 5.10 Å². The van der Waals surface area contributed by atoms with Gasteiger partial charge in [0.05, 0.1) is 10.4 Å². The number of hydrogen-bond donors (Lipinski definition) is 0. The number of hydrogen-bond acceptors (Lipinski definition) is 5. The molecule has 3 nitrogen and oxygen atoms in total. The molecule has 0 unspecified atom stereocenters. The van der Waals surface area contributed by atoms with Crippen LogP contribution in [0.15, 0.2) is 111 Å². The first-order valence-electron chi connectivity index (χ1n) is 11.8. The molecule has 7 heteroatoms. The average molecular weight is 650 g/mol. The Labute approximate surface area is 242 Å². The number of carbonyl (C=O) groups excluding carboxylic acids is 1. The van der Waals surface area contributed by atoms with Crippen molar-refractivity contribution < 1.29 is 4.79 Å². The number of para-hydroxylation sites is 1. The van der Waals surface area contributed by atoms with E-state index >= 15 is 0 Å². The molecule has 0 radical (unpaired) electrons. The third kappa shape index (κ3) is 3.94. The van der Waals surface area contributed by atoms with Gasteiger partial charge in [-0.05, 0) is 59.5 Å². The maximum absolute atomic E-state index is 12.7. The van der Waals surface area contributed by atoms with Crippen LogP contribution in [0.5, 0.6) is 0 Å². The molecule has 0 fully saturated rings. The number of ketones is 1. The minimum Gasteiger partial charge on any atom is -0.292 e. The topological polar surface area (TPSA) is 32.7 Å². The van der Waals surface area contributed by atoms with Gasteiger partial charge < -0.3 is 0 Å². The molecule has 0 bridgehead atoms. The van der Waals surface area contributed by atoms with Gasteiger partial charge in [0.15, 0.2) is 15.0 Å². The van der Waals surface area contributed by atoms with E-state index in [4.69, 9.17) is 5.10 Å². The van der Waals surface area contributed by atoms with E-state index in [0.29, 0.717) is 5.04 Å². The number of fused-ring (bicyclic) bond motifs is 2. The summed E-state index contributed by atoms with van der Waals surface area (Å²) in [5, 5.41) is 7.56. The van der Waals surface area contributed by atoms with Gasteiger partial charge in [0.1, 0.15) is 0 Å². The smallest absolute Gasteiger partial charge is 0.187 e. The Kier molecular flexibility index (Phi) is 6.38. The third-order valence-electron chi connectivity index (χ3n) is 6.79. The van der Waals surface area contributed by atoms with Crippen LogP contribution in [0.25, 0.3) is 0 Å². The predicted octanol–water partition coefficient (Wildman–Crippen LogP) is 8.82. The molecule has 0 aromatic heterocycles. The van der Waals surface area contributed by atoms with Gasteiger partial charge in [-0.15, -0.1) is 0 Å². The van der Waals surface area contributed by atoms with Crippen molar-refractivity contribution in [1.82, 2.24) is 0 Å². The maximum Gasteiger partial charge on any atom is 0.187 e. The molecule has 2 aliphatic rings. The zero-order chi connectivity index (χ0) is 25.8. The number of benzene rings is 4. The van der Waals surface area contributed by atoms with E-state index in [1.54, 1.807) is 18.7 Å². The van der Waals surface area contributed by atoms with Crippen LogP contribution in [0, 0.1) is 6.92 Å². The van der Waals surface area contributed by atoms with Crippen LogP contribution in [0.1, 0.15) is 34.7 Å². The highest BCUT2D eigenvalue weighted by atomic mass is 79.9. The number of Topliss-reactive ketones (excluding diaryl/α,β-unsaturated/α-hetero) is 1. The van der Waals surface area contributed by atoms with Gasteiger partial charge in [-0.2, -0.15) is 5.10 Å². The molecule has 0 aliphatic carbocycles. The Morgan fingerprint density at radius 3 is 1.89 bits per heavy atom. The summed E-state index contributed by atoms with van der Waals surface area (Å²) in [7, 11) is 0. The fourth-order valence-electron chi connectivity index (χ4n) is 5.09. The van der Waals surface area contributed by atoms with E-state index < -0.39 is 8.95 Å². The van der Waals surface area contributed by atoms with Crippen molar-refractivity contribution in [1.29, 1.82) is 0 Å². The standard InChI is InChI=1S/C30H22Br2N2OS2/c1-19-7-3-6-10-27(19)34-30(36-28(33-34)20(2)35)26-9-5-4-8-25(26)29(37-30,21-11-15-23(31)16-12-21)22-13-17-24(32)18-14-22/h3-18H,1-2H3/t30-/m0/s1. The number of hydrazone groups is 1. The van der Waals surface area contributed by atoms with E-state index in [0.717, 1.165) is 25.8 Å². The zero-order valence-electron chi connectivity index (χ0n) is 20.1. The number of aryl methyl sites for hydroxylation is 1. The predicted molar refractivity (Wildman–Crippen MR) is 163 cm³/mol. The number of rotatable bonds is 4. The fraction of sp³-hybridized carbons (Fsp3) is 0.133. The first kappa shape index (κ1) is 25.0. The molecule has 0 saturated heterocycles. The SMILES string of the molecule is CC(=O)C1=NN(c2ccccc2C)[C@@]2(S1)SC(c1ccc(Br)cc1)(c1ccc(Br)cc1)c1ccccc12. The lowest BCUT2D eigenvalue weighted by molar-refractivity contribution is -0.110. The molecule has 0 N–H and O–H groups in total. The highest BCUT2D eigenvalue weighted by Crippen LogP contribution is 2.71. The van der Waals surface area contributed by atoms with Crippen LogP contribution in [0.4, 0.5) is 5.69 Å². The molecule has 2 aliphatic heterocycles. The summed E-state index contributed by atoms with van der Waals surface area (Å²) in [6.45, 7) is 3.69. The average Bonchev–Trinajstić information content (AvgIpc) is 3.43. The molecule has 4 aromatic carbocycles. The second-order valence-corrected chi connectivity index (χ2v) is 13.8. The molecule has 2 heterocycles. The van der Waals surface area contributed by atoms with E-state index in [1.807, 2.05) is 23.9 Å². The zero-order valence-corrected chi connectivity index (χ0v) is 24.9. The van der Waals surface area contributed by atoms with Gasteiger partial charge in [0.25, 0.3) is 0 Å². The number of halogens is 2. The summed E-state index contributed by atoms with van der Waals surface area (Å²) in [5.74, 6) is -0.0247. The number of anilines is 1. The summed E-state index contributed by atoms with van der Waals surface area (Å²) in [6.07, 6.45) is 0. The number of thioether (sulfide) groups is 2. The van der Waals surface area contributed by atoms with Crippen molar-refractivity contribution in [3.63, 3.8) is 0 Å². The van der Waals surface area contributed by atoms with Crippen LogP contribution in [0.2, 0.25) is 0 Å². The van der Waals surface area contributed by atoms with Crippen molar-refractivity contribution >= 4 is 71.9 Å². The Bertz CT molecular complexity index is 1510. The Morgan fingerprint density at radius 1 is 0.784 bits per heavy atom. The van der Waals surface area contributed by atoms with Gasteiger partial charge in [-0.1, -0.05) is 122 Å². The van der Waals surface area contributed by atoms with E-state index in [9.17, 15) is 4.79 Å². The molecular weight excluding hydrogens is 628 g/mol. The summed E-state index contributed by atoms with van der Waals surface area (Å²) in [6, 6.07) is 34.0. The minimum absolute atomic E-state index is 0.0247. The fourth-order valence-corrected chi connectivity index (χ4v) is 9.16. The summed E-state index contributed by atoms with van der Waals surface area (Å²) in [4.78, 5) is 12.7. The molecule has 1 spiro atoms. The molecular formula is C30H22Br2N2OS2. The highest BCUT2D eigenvalue weighted by Gasteiger charge is 2.61.